The molecule has 1 aromatic rings. The van der Waals surface area contributed by atoms with Crippen LogP contribution in [0.15, 0.2) is 28.7 Å². The number of benzene rings is 1. The molecule has 0 aromatic heterocycles. The van der Waals surface area contributed by atoms with Crippen molar-refractivity contribution >= 4 is 27.5 Å². The van der Waals surface area contributed by atoms with Crippen molar-refractivity contribution in [1.82, 2.24) is 5.32 Å². The van der Waals surface area contributed by atoms with Gasteiger partial charge in [-0.25, -0.2) is 0 Å². The number of halogens is 1. The van der Waals surface area contributed by atoms with Crippen LogP contribution in [0.2, 0.25) is 0 Å². The van der Waals surface area contributed by atoms with Gasteiger partial charge in [-0.3, -0.25) is 4.79 Å². The summed E-state index contributed by atoms with van der Waals surface area (Å²) in [5.41, 5.74) is 0.802. The summed E-state index contributed by atoms with van der Waals surface area (Å²) in [5.74, 6) is -0.111. The lowest BCUT2D eigenvalue weighted by Crippen LogP contribution is -2.41. The van der Waals surface area contributed by atoms with Crippen molar-refractivity contribution in [1.29, 1.82) is 0 Å². The molecule has 1 amide bonds. The minimum Gasteiger partial charge on any atom is -0.379 e. The number of ether oxygens (including phenoxy) is 1. The van der Waals surface area contributed by atoms with Crippen LogP contribution >= 0.6 is 15.9 Å². The van der Waals surface area contributed by atoms with E-state index in [2.05, 4.69) is 26.6 Å². The van der Waals surface area contributed by atoms with Gasteiger partial charge in [0.15, 0.2) is 0 Å². The number of hydrogen-bond donors (Lipinski definition) is 2. The molecule has 2 atom stereocenters. The first kappa shape index (κ1) is 13.5. The molecule has 98 valence electrons. The van der Waals surface area contributed by atoms with Gasteiger partial charge in [-0.1, -0.05) is 28.9 Å². The third-order valence-corrected chi connectivity index (χ3v) is 3.47. The number of amides is 1. The smallest absolute Gasteiger partial charge is 0.231 e. The Morgan fingerprint density at radius 1 is 1.50 bits per heavy atom. The van der Waals surface area contributed by atoms with Gasteiger partial charge in [0.2, 0.25) is 5.91 Å². The average Bonchev–Trinajstić information content (AvgIpc) is 2.78. The molecule has 2 unspecified atom stereocenters. The highest BCUT2D eigenvalue weighted by molar-refractivity contribution is 9.10. The van der Waals surface area contributed by atoms with E-state index in [1.54, 1.807) is 0 Å². The van der Waals surface area contributed by atoms with E-state index in [0.29, 0.717) is 13.2 Å². The Morgan fingerprint density at radius 3 is 3.06 bits per heavy atom. The minimum atomic E-state index is -0.121. The Hall–Kier alpha value is -0.910. The molecule has 1 saturated heterocycles. The molecule has 2 rings (SSSR count). The second kappa shape index (κ2) is 6.31. The van der Waals surface area contributed by atoms with E-state index in [9.17, 15) is 4.79 Å². The summed E-state index contributed by atoms with van der Waals surface area (Å²) < 4.78 is 6.32. The van der Waals surface area contributed by atoms with Gasteiger partial charge < -0.3 is 15.4 Å². The average molecular weight is 313 g/mol. The van der Waals surface area contributed by atoms with Crippen molar-refractivity contribution in [2.24, 2.45) is 5.92 Å². The topological polar surface area (TPSA) is 50.4 Å². The van der Waals surface area contributed by atoms with Gasteiger partial charge in [0.1, 0.15) is 0 Å². The highest BCUT2D eigenvalue weighted by atomic mass is 79.9. The lowest BCUT2D eigenvalue weighted by atomic mass is 10.0. The standard InChI is InChI=1S/C13H17BrN2O2/c1-2-15-12-8-18-7-11(12)13(17)16-10-5-3-4-9(14)6-10/h3-6,11-12,15H,2,7-8H2,1H3,(H,16,17). The van der Waals surface area contributed by atoms with Crippen LogP contribution in [0, 0.1) is 5.92 Å². The number of carbonyl (C=O) groups excluding carboxylic acids is 1. The fraction of sp³-hybridized carbons (Fsp3) is 0.462. The zero-order valence-corrected chi connectivity index (χ0v) is 11.9. The van der Waals surface area contributed by atoms with E-state index in [0.717, 1.165) is 16.7 Å². The molecule has 4 nitrogen and oxygen atoms in total. The quantitative estimate of drug-likeness (QED) is 0.894. The molecule has 1 heterocycles. The first-order chi connectivity index (χ1) is 8.70. The van der Waals surface area contributed by atoms with Gasteiger partial charge in [-0.05, 0) is 24.7 Å². The Kier molecular flexibility index (Phi) is 4.74. The summed E-state index contributed by atoms with van der Waals surface area (Å²) in [7, 11) is 0. The van der Waals surface area contributed by atoms with Crippen molar-refractivity contribution in [2.45, 2.75) is 13.0 Å². The number of likely N-dealkylation sites (N-methyl/N-ethyl adjacent to an activating group) is 1. The minimum absolute atomic E-state index is 0.0107. The van der Waals surface area contributed by atoms with Crippen LogP contribution < -0.4 is 10.6 Å². The van der Waals surface area contributed by atoms with Crippen molar-refractivity contribution < 1.29 is 9.53 Å². The van der Waals surface area contributed by atoms with E-state index in [1.807, 2.05) is 31.2 Å². The predicted octanol–water partition coefficient (Wildman–Crippen LogP) is 2.01. The molecule has 1 aliphatic heterocycles. The molecule has 5 heteroatoms. The van der Waals surface area contributed by atoms with Crippen LogP contribution in [0.1, 0.15) is 6.92 Å². The number of carbonyl (C=O) groups is 1. The van der Waals surface area contributed by atoms with Gasteiger partial charge in [0.05, 0.1) is 19.1 Å². The maximum absolute atomic E-state index is 12.2. The molecule has 0 saturated carbocycles. The van der Waals surface area contributed by atoms with Crippen molar-refractivity contribution in [3.63, 3.8) is 0 Å². The molecule has 1 aliphatic rings. The summed E-state index contributed by atoms with van der Waals surface area (Å²) in [6.45, 7) is 3.96. The summed E-state index contributed by atoms with van der Waals surface area (Å²) in [5, 5.41) is 6.20. The van der Waals surface area contributed by atoms with Crippen LogP contribution in [0.3, 0.4) is 0 Å². The molecule has 18 heavy (non-hydrogen) atoms. The molecule has 1 fully saturated rings. The zero-order valence-electron chi connectivity index (χ0n) is 10.3. The van der Waals surface area contributed by atoms with E-state index < -0.39 is 0 Å². The fourth-order valence-electron chi connectivity index (χ4n) is 2.08. The number of anilines is 1. The van der Waals surface area contributed by atoms with Crippen LogP contribution in [-0.4, -0.2) is 31.7 Å². The van der Waals surface area contributed by atoms with Crippen LogP contribution in [-0.2, 0) is 9.53 Å². The summed E-state index contributed by atoms with van der Waals surface area (Å²) in [6, 6.07) is 7.70. The Balaban J connectivity index is 1.99. The Labute approximate surface area is 115 Å². The lowest BCUT2D eigenvalue weighted by Gasteiger charge is -2.17. The summed E-state index contributed by atoms with van der Waals surface area (Å²) >= 11 is 3.38. The first-order valence-corrected chi connectivity index (χ1v) is 6.87. The SMILES string of the molecule is CCNC1COCC1C(=O)Nc1cccc(Br)c1. The van der Waals surface area contributed by atoms with Crippen LogP contribution in [0.25, 0.3) is 0 Å². The van der Waals surface area contributed by atoms with Gasteiger partial charge in [0, 0.05) is 16.2 Å². The lowest BCUT2D eigenvalue weighted by molar-refractivity contribution is -0.120. The maximum Gasteiger partial charge on any atom is 0.231 e. The van der Waals surface area contributed by atoms with E-state index in [4.69, 9.17) is 4.74 Å². The summed E-state index contributed by atoms with van der Waals surface area (Å²) in [6.07, 6.45) is 0. The van der Waals surface area contributed by atoms with Gasteiger partial charge in [0.25, 0.3) is 0 Å². The molecule has 2 N–H and O–H groups in total. The number of rotatable bonds is 4. The largest absolute Gasteiger partial charge is 0.379 e. The monoisotopic (exact) mass is 312 g/mol. The van der Waals surface area contributed by atoms with Crippen molar-refractivity contribution in [2.75, 3.05) is 25.1 Å². The molecule has 0 spiro atoms. The molecule has 1 aromatic carbocycles. The number of nitrogens with one attached hydrogen (secondary N) is 2. The van der Waals surface area contributed by atoms with Crippen LogP contribution in [0.5, 0.6) is 0 Å². The Morgan fingerprint density at radius 2 is 2.33 bits per heavy atom. The third kappa shape index (κ3) is 3.31. The molecule has 0 radical (unpaired) electrons. The second-order valence-electron chi connectivity index (χ2n) is 4.31. The molecule has 0 bridgehead atoms. The molecular weight excluding hydrogens is 296 g/mol. The van der Waals surface area contributed by atoms with Crippen molar-refractivity contribution in [3.8, 4) is 0 Å². The zero-order chi connectivity index (χ0) is 13.0. The Bertz CT molecular complexity index is 425. The van der Waals surface area contributed by atoms with E-state index >= 15 is 0 Å². The van der Waals surface area contributed by atoms with Gasteiger partial charge >= 0.3 is 0 Å². The van der Waals surface area contributed by atoms with E-state index in [1.165, 1.54) is 0 Å². The first-order valence-electron chi connectivity index (χ1n) is 6.08. The normalized spacial score (nSPS) is 23.0. The molecule has 0 aliphatic carbocycles. The highest BCUT2D eigenvalue weighted by Gasteiger charge is 2.33. The fourth-order valence-corrected chi connectivity index (χ4v) is 2.48. The number of hydrogen-bond acceptors (Lipinski definition) is 3. The van der Waals surface area contributed by atoms with Crippen molar-refractivity contribution in [3.05, 3.63) is 28.7 Å². The highest BCUT2D eigenvalue weighted by Crippen LogP contribution is 2.19. The second-order valence-corrected chi connectivity index (χ2v) is 5.22. The summed E-state index contributed by atoms with van der Waals surface area (Å²) in [4.78, 5) is 12.2. The maximum atomic E-state index is 12.2. The van der Waals surface area contributed by atoms with Gasteiger partial charge in [-0.15, -0.1) is 0 Å². The van der Waals surface area contributed by atoms with Gasteiger partial charge in [-0.2, -0.15) is 0 Å². The van der Waals surface area contributed by atoms with Crippen LogP contribution in [0.4, 0.5) is 5.69 Å². The molecular formula is C13H17BrN2O2. The van der Waals surface area contributed by atoms with E-state index in [-0.39, 0.29) is 17.9 Å². The third-order valence-electron chi connectivity index (χ3n) is 2.98. The predicted molar refractivity (Wildman–Crippen MR) is 74.5 cm³/mol.